The van der Waals surface area contributed by atoms with Crippen molar-refractivity contribution in [3.8, 4) is 0 Å². The standard InChI is InChI=1S/C20H27FN2O3S/c1-14-5-8-17(21)18(11-14)22-19(24)16-12-23(27(25,26)15-6-7-15)13-20(16)9-3-2-4-10-20/h5,8,11,15-16H,2-4,6-7,9-10,12-13H2,1H3,(H,22,24). The van der Waals surface area contributed by atoms with Crippen molar-refractivity contribution in [3.05, 3.63) is 29.6 Å². The van der Waals surface area contributed by atoms with Crippen molar-refractivity contribution in [2.75, 3.05) is 18.4 Å². The molecule has 0 radical (unpaired) electrons. The van der Waals surface area contributed by atoms with Gasteiger partial charge in [0.1, 0.15) is 5.82 Å². The number of benzene rings is 1. The lowest BCUT2D eigenvalue weighted by Crippen LogP contribution is -2.39. The van der Waals surface area contributed by atoms with Gasteiger partial charge in [-0.3, -0.25) is 4.79 Å². The second-order valence-corrected chi connectivity index (χ2v) is 10.7. The van der Waals surface area contributed by atoms with E-state index in [-0.39, 0.29) is 28.8 Å². The Morgan fingerprint density at radius 1 is 1.22 bits per heavy atom. The molecule has 1 aromatic rings. The molecular formula is C20H27FN2O3S. The fourth-order valence-electron chi connectivity index (χ4n) is 4.77. The summed E-state index contributed by atoms with van der Waals surface area (Å²) in [5, 5.41) is 2.48. The van der Waals surface area contributed by atoms with Crippen LogP contribution in [0, 0.1) is 24.1 Å². The van der Waals surface area contributed by atoms with Crippen LogP contribution < -0.4 is 5.32 Å². The lowest BCUT2D eigenvalue weighted by Gasteiger charge is -2.37. The predicted octanol–water partition coefficient (Wildman–Crippen LogP) is 3.45. The Morgan fingerprint density at radius 2 is 1.93 bits per heavy atom. The lowest BCUT2D eigenvalue weighted by molar-refractivity contribution is -0.123. The number of nitrogens with zero attached hydrogens (tertiary/aromatic N) is 1. The van der Waals surface area contributed by atoms with Crippen LogP contribution in [0.25, 0.3) is 0 Å². The normalized spacial score (nSPS) is 25.6. The van der Waals surface area contributed by atoms with Crippen molar-refractivity contribution in [1.82, 2.24) is 4.31 Å². The Bertz CT molecular complexity index is 845. The number of hydrogen-bond donors (Lipinski definition) is 1. The Morgan fingerprint density at radius 3 is 2.59 bits per heavy atom. The van der Waals surface area contributed by atoms with E-state index in [4.69, 9.17) is 0 Å². The monoisotopic (exact) mass is 394 g/mol. The molecule has 2 aliphatic carbocycles. The summed E-state index contributed by atoms with van der Waals surface area (Å²) < 4.78 is 41.2. The lowest BCUT2D eigenvalue weighted by atomic mass is 9.67. The van der Waals surface area contributed by atoms with Crippen molar-refractivity contribution in [3.63, 3.8) is 0 Å². The summed E-state index contributed by atoms with van der Waals surface area (Å²) in [5.74, 6) is -1.15. The number of halogens is 1. The molecule has 27 heavy (non-hydrogen) atoms. The van der Waals surface area contributed by atoms with Crippen LogP contribution in [0.1, 0.15) is 50.5 Å². The van der Waals surface area contributed by atoms with E-state index in [1.807, 2.05) is 6.92 Å². The summed E-state index contributed by atoms with van der Waals surface area (Å²) >= 11 is 0. The molecule has 1 atom stereocenters. The SMILES string of the molecule is Cc1ccc(F)c(NC(=O)C2CN(S(=O)(=O)C3CC3)CC23CCCCC3)c1. The van der Waals surface area contributed by atoms with Gasteiger partial charge in [0.05, 0.1) is 16.9 Å². The second kappa shape index (κ2) is 6.85. The number of rotatable bonds is 4. The van der Waals surface area contributed by atoms with Crippen molar-refractivity contribution in [2.45, 2.75) is 57.1 Å². The van der Waals surface area contributed by atoms with Crippen molar-refractivity contribution in [2.24, 2.45) is 11.3 Å². The van der Waals surface area contributed by atoms with Crippen LogP contribution in [0.5, 0.6) is 0 Å². The zero-order valence-electron chi connectivity index (χ0n) is 15.7. The number of amides is 1. The minimum absolute atomic E-state index is 0.175. The van der Waals surface area contributed by atoms with Gasteiger partial charge in [0.25, 0.3) is 0 Å². The summed E-state index contributed by atoms with van der Waals surface area (Å²) in [5.41, 5.74) is 0.725. The van der Waals surface area contributed by atoms with Crippen LogP contribution in [0.15, 0.2) is 18.2 Å². The summed E-state index contributed by atoms with van der Waals surface area (Å²) in [6.07, 6.45) is 6.31. The van der Waals surface area contributed by atoms with Crippen LogP contribution in [0.4, 0.5) is 10.1 Å². The van der Waals surface area contributed by atoms with Gasteiger partial charge in [-0.25, -0.2) is 17.1 Å². The summed E-state index contributed by atoms with van der Waals surface area (Å²) in [7, 11) is -3.32. The Balaban J connectivity index is 1.60. The molecule has 0 bridgehead atoms. The van der Waals surface area contributed by atoms with E-state index in [9.17, 15) is 17.6 Å². The van der Waals surface area contributed by atoms with E-state index in [1.54, 1.807) is 16.4 Å². The number of hydrogen-bond acceptors (Lipinski definition) is 3. The maximum atomic E-state index is 14.1. The molecule has 1 spiro atoms. The van der Waals surface area contributed by atoms with Crippen molar-refractivity contribution in [1.29, 1.82) is 0 Å². The first-order valence-corrected chi connectivity index (χ1v) is 11.4. The third-order valence-electron chi connectivity index (χ3n) is 6.47. The molecule has 148 valence electrons. The number of aryl methyl sites for hydroxylation is 1. The van der Waals surface area contributed by atoms with Crippen LogP contribution in [-0.4, -0.2) is 37.0 Å². The van der Waals surface area contributed by atoms with Crippen molar-refractivity contribution < 1.29 is 17.6 Å². The van der Waals surface area contributed by atoms with E-state index in [0.29, 0.717) is 6.54 Å². The molecule has 5 nitrogen and oxygen atoms in total. The Hall–Kier alpha value is -1.47. The highest BCUT2D eigenvalue weighted by Gasteiger charge is 2.55. The number of carbonyl (C=O) groups is 1. The number of carbonyl (C=O) groups excluding carboxylic acids is 1. The van der Waals surface area contributed by atoms with E-state index in [2.05, 4.69) is 5.32 Å². The van der Waals surface area contributed by atoms with Gasteiger partial charge in [-0.15, -0.1) is 0 Å². The molecule has 1 aliphatic heterocycles. The molecule has 3 fully saturated rings. The number of sulfonamides is 1. The molecule has 4 rings (SSSR count). The molecule has 3 aliphatic rings. The Labute approximate surface area is 160 Å². The molecule has 0 aromatic heterocycles. The molecule has 1 N–H and O–H groups in total. The molecule has 1 saturated heterocycles. The molecule has 7 heteroatoms. The summed E-state index contributed by atoms with van der Waals surface area (Å²) in [4.78, 5) is 13.1. The minimum Gasteiger partial charge on any atom is -0.323 e. The van der Waals surface area contributed by atoms with Crippen LogP contribution >= 0.6 is 0 Å². The predicted molar refractivity (Wildman–Crippen MR) is 102 cm³/mol. The van der Waals surface area contributed by atoms with E-state index >= 15 is 0 Å². The van der Waals surface area contributed by atoms with Crippen LogP contribution in [-0.2, 0) is 14.8 Å². The van der Waals surface area contributed by atoms with Gasteiger partial charge >= 0.3 is 0 Å². The van der Waals surface area contributed by atoms with Gasteiger partial charge in [0.15, 0.2) is 0 Å². The van der Waals surface area contributed by atoms with Gasteiger partial charge in [-0.05, 0) is 55.7 Å². The molecule has 1 heterocycles. The number of anilines is 1. The highest BCUT2D eigenvalue weighted by Crippen LogP contribution is 2.50. The first-order valence-electron chi connectivity index (χ1n) is 9.88. The molecular weight excluding hydrogens is 367 g/mol. The van der Waals surface area contributed by atoms with Gasteiger partial charge in [-0.1, -0.05) is 25.3 Å². The Kier molecular flexibility index (Phi) is 4.79. The average Bonchev–Trinajstić information content (AvgIpc) is 3.43. The van der Waals surface area contributed by atoms with E-state index in [0.717, 1.165) is 50.5 Å². The fourth-order valence-corrected chi connectivity index (χ4v) is 6.72. The van der Waals surface area contributed by atoms with Gasteiger partial charge in [0.2, 0.25) is 15.9 Å². The van der Waals surface area contributed by atoms with Crippen LogP contribution in [0.2, 0.25) is 0 Å². The quantitative estimate of drug-likeness (QED) is 0.851. The molecule has 1 unspecified atom stereocenters. The largest absolute Gasteiger partial charge is 0.323 e. The zero-order valence-corrected chi connectivity index (χ0v) is 16.5. The maximum Gasteiger partial charge on any atom is 0.229 e. The summed E-state index contributed by atoms with van der Waals surface area (Å²) in [6.45, 7) is 2.50. The molecule has 2 saturated carbocycles. The molecule has 1 amide bonds. The fraction of sp³-hybridized carbons (Fsp3) is 0.650. The number of nitrogens with one attached hydrogen (secondary N) is 1. The third-order valence-corrected chi connectivity index (χ3v) is 8.78. The van der Waals surface area contributed by atoms with E-state index < -0.39 is 21.8 Å². The molecule has 1 aromatic carbocycles. The maximum absolute atomic E-state index is 14.1. The summed E-state index contributed by atoms with van der Waals surface area (Å²) in [6, 6.07) is 4.63. The highest BCUT2D eigenvalue weighted by atomic mass is 32.2. The smallest absolute Gasteiger partial charge is 0.229 e. The van der Waals surface area contributed by atoms with Crippen LogP contribution in [0.3, 0.4) is 0 Å². The minimum atomic E-state index is -3.32. The van der Waals surface area contributed by atoms with Gasteiger partial charge in [-0.2, -0.15) is 0 Å². The highest BCUT2D eigenvalue weighted by molar-refractivity contribution is 7.90. The van der Waals surface area contributed by atoms with E-state index in [1.165, 1.54) is 6.07 Å². The second-order valence-electron chi connectivity index (χ2n) is 8.48. The van der Waals surface area contributed by atoms with Crippen molar-refractivity contribution >= 4 is 21.6 Å². The zero-order chi connectivity index (χ0) is 19.2. The first-order chi connectivity index (χ1) is 12.8. The van der Waals surface area contributed by atoms with Gasteiger partial charge < -0.3 is 5.32 Å². The topological polar surface area (TPSA) is 66.5 Å². The van der Waals surface area contributed by atoms with Gasteiger partial charge in [0, 0.05) is 13.1 Å². The first kappa shape index (κ1) is 18.9. The third kappa shape index (κ3) is 3.51. The average molecular weight is 395 g/mol.